The van der Waals surface area contributed by atoms with Crippen LogP contribution in [0.3, 0.4) is 0 Å². The molecule has 1 aromatic rings. The van der Waals surface area contributed by atoms with Crippen LogP contribution in [0.15, 0.2) is 18.2 Å². The van der Waals surface area contributed by atoms with Crippen LogP contribution in [0, 0.1) is 0 Å². The Balaban J connectivity index is 2.41. The number of likely N-dealkylation sites (N-methyl/N-ethyl adjacent to an activating group) is 1. The minimum Gasteiger partial charge on any atom is -0.497 e. The van der Waals surface area contributed by atoms with Crippen molar-refractivity contribution in [3.63, 3.8) is 0 Å². The van der Waals surface area contributed by atoms with Crippen molar-refractivity contribution in [1.82, 2.24) is 0 Å². The van der Waals surface area contributed by atoms with Gasteiger partial charge in [0.05, 0.1) is 7.11 Å². The van der Waals surface area contributed by atoms with Gasteiger partial charge in [0, 0.05) is 37.3 Å². The van der Waals surface area contributed by atoms with E-state index in [9.17, 15) is 0 Å². The zero-order valence-corrected chi connectivity index (χ0v) is 9.53. The van der Waals surface area contributed by atoms with Gasteiger partial charge in [-0.15, -0.1) is 0 Å². The highest BCUT2D eigenvalue weighted by molar-refractivity contribution is 5.62. The van der Waals surface area contributed by atoms with Crippen molar-refractivity contribution in [2.24, 2.45) is 5.73 Å². The first-order valence-electron chi connectivity index (χ1n) is 5.28. The molecule has 1 aliphatic heterocycles. The van der Waals surface area contributed by atoms with E-state index < -0.39 is 0 Å². The fourth-order valence-corrected chi connectivity index (χ4v) is 2.24. The summed E-state index contributed by atoms with van der Waals surface area (Å²) in [4.78, 5) is 2.24. The van der Waals surface area contributed by atoms with Crippen molar-refractivity contribution in [2.45, 2.75) is 18.9 Å². The molecule has 0 amide bonds. The molecule has 1 aromatic carbocycles. The number of anilines is 1. The van der Waals surface area contributed by atoms with E-state index in [0.29, 0.717) is 5.92 Å². The molecule has 0 saturated heterocycles. The highest BCUT2D eigenvalue weighted by Gasteiger charge is 2.29. The molecule has 0 saturated carbocycles. The summed E-state index contributed by atoms with van der Waals surface area (Å²) in [5.41, 5.74) is 8.58. The number of hydrogen-bond acceptors (Lipinski definition) is 3. The summed E-state index contributed by atoms with van der Waals surface area (Å²) in [5, 5.41) is 0. The summed E-state index contributed by atoms with van der Waals surface area (Å²) < 4.78 is 5.23. The van der Waals surface area contributed by atoms with Crippen LogP contribution < -0.4 is 15.4 Å². The SMILES string of the molecule is COc1ccc2c(c1)N(C)CC2C(C)N. The van der Waals surface area contributed by atoms with Crippen LogP contribution in [-0.2, 0) is 0 Å². The molecule has 3 nitrogen and oxygen atoms in total. The summed E-state index contributed by atoms with van der Waals surface area (Å²) in [7, 11) is 3.79. The molecule has 2 rings (SSSR count). The molecule has 2 N–H and O–H groups in total. The second-order valence-corrected chi connectivity index (χ2v) is 4.27. The van der Waals surface area contributed by atoms with Crippen LogP contribution in [0.4, 0.5) is 5.69 Å². The number of fused-ring (bicyclic) bond motifs is 1. The van der Waals surface area contributed by atoms with Gasteiger partial charge in [0.1, 0.15) is 5.75 Å². The largest absolute Gasteiger partial charge is 0.497 e. The average Bonchev–Trinajstić information content (AvgIpc) is 2.56. The highest BCUT2D eigenvalue weighted by Crippen LogP contribution is 2.38. The van der Waals surface area contributed by atoms with Crippen LogP contribution in [0.1, 0.15) is 18.4 Å². The van der Waals surface area contributed by atoms with Crippen LogP contribution in [0.5, 0.6) is 5.75 Å². The van der Waals surface area contributed by atoms with E-state index in [-0.39, 0.29) is 6.04 Å². The zero-order chi connectivity index (χ0) is 11.0. The van der Waals surface area contributed by atoms with Crippen molar-refractivity contribution in [2.75, 3.05) is 25.6 Å². The number of rotatable bonds is 2. The van der Waals surface area contributed by atoms with Gasteiger partial charge in [-0.25, -0.2) is 0 Å². The van der Waals surface area contributed by atoms with Crippen molar-refractivity contribution >= 4 is 5.69 Å². The molecule has 15 heavy (non-hydrogen) atoms. The van der Waals surface area contributed by atoms with E-state index in [1.165, 1.54) is 11.3 Å². The smallest absolute Gasteiger partial charge is 0.120 e. The number of methoxy groups -OCH3 is 1. The molecule has 0 spiro atoms. The standard InChI is InChI=1S/C12H18N2O/c1-8(13)11-7-14(2)12-6-9(15-3)4-5-10(11)12/h4-6,8,11H,7,13H2,1-3H3. The fraction of sp³-hybridized carbons (Fsp3) is 0.500. The van der Waals surface area contributed by atoms with Crippen molar-refractivity contribution in [1.29, 1.82) is 0 Å². The van der Waals surface area contributed by atoms with Crippen molar-refractivity contribution < 1.29 is 4.74 Å². The third-order valence-corrected chi connectivity index (χ3v) is 3.15. The molecule has 2 unspecified atom stereocenters. The highest BCUT2D eigenvalue weighted by atomic mass is 16.5. The Morgan fingerprint density at radius 3 is 2.87 bits per heavy atom. The normalized spacial score (nSPS) is 21.3. The van der Waals surface area contributed by atoms with Crippen LogP contribution in [0.25, 0.3) is 0 Å². The lowest BCUT2D eigenvalue weighted by molar-refractivity contribution is 0.415. The summed E-state index contributed by atoms with van der Waals surface area (Å²) in [6.45, 7) is 3.07. The second kappa shape index (κ2) is 3.74. The van der Waals surface area contributed by atoms with E-state index in [0.717, 1.165) is 12.3 Å². The van der Waals surface area contributed by atoms with Gasteiger partial charge in [0.25, 0.3) is 0 Å². The van der Waals surface area contributed by atoms with Gasteiger partial charge >= 0.3 is 0 Å². The Morgan fingerprint density at radius 2 is 2.27 bits per heavy atom. The topological polar surface area (TPSA) is 38.5 Å². The molecule has 82 valence electrons. The maximum absolute atomic E-state index is 5.99. The molecular weight excluding hydrogens is 188 g/mol. The van der Waals surface area contributed by atoms with Gasteiger partial charge in [0.15, 0.2) is 0 Å². The van der Waals surface area contributed by atoms with Crippen molar-refractivity contribution in [3.05, 3.63) is 23.8 Å². The van der Waals surface area contributed by atoms with Gasteiger partial charge in [-0.2, -0.15) is 0 Å². The lowest BCUT2D eigenvalue weighted by Gasteiger charge is -2.15. The molecule has 0 aliphatic carbocycles. The minimum absolute atomic E-state index is 0.196. The fourth-order valence-electron chi connectivity index (χ4n) is 2.24. The molecule has 0 radical (unpaired) electrons. The van der Waals surface area contributed by atoms with E-state index in [2.05, 4.69) is 31.0 Å². The number of nitrogens with zero attached hydrogens (tertiary/aromatic N) is 1. The molecule has 1 aliphatic rings. The Morgan fingerprint density at radius 1 is 1.53 bits per heavy atom. The molecule has 2 atom stereocenters. The Labute approximate surface area is 90.8 Å². The molecule has 1 heterocycles. The second-order valence-electron chi connectivity index (χ2n) is 4.27. The Bertz CT molecular complexity index is 363. The van der Waals surface area contributed by atoms with E-state index >= 15 is 0 Å². The van der Waals surface area contributed by atoms with E-state index in [1.807, 2.05) is 6.07 Å². The maximum atomic E-state index is 5.99. The number of ether oxygens (including phenoxy) is 1. The van der Waals surface area contributed by atoms with Gasteiger partial charge in [0.2, 0.25) is 0 Å². The summed E-state index contributed by atoms with van der Waals surface area (Å²) >= 11 is 0. The maximum Gasteiger partial charge on any atom is 0.120 e. The molecule has 0 aromatic heterocycles. The summed E-state index contributed by atoms with van der Waals surface area (Å²) in [6, 6.07) is 6.42. The van der Waals surface area contributed by atoms with Gasteiger partial charge in [-0.3, -0.25) is 0 Å². The van der Waals surface area contributed by atoms with E-state index in [1.54, 1.807) is 7.11 Å². The average molecular weight is 206 g/mol. The monoisotopic (exact) mass is 206 g/mol. The van der Waals surface area contributed by atoms with Crippen LogP contribution in [0.2, 0.25) is 0 Å². The lowest BCUT2D eigenvalue weighted by Crippen LogP contribution is -2.28. The summed E-state index contributed by atoms with van der Waals surface area (Å²) in [6.07, 6.45) is 0. The third kappa shape index (κ3) is 1.67. The Kier molecular flexibility index (Phi) is 2.57. The summed E-state index contributed by atoms with van der Waals surface area (Å²) in [5.74, 6) is 1.35. The van der Waals surface area contributed by atoms with Crippen LogP contribution in [-0.4, -0.2) is 26.7 Å². The molecule has 0 bridgehead atoms. The van der Waals surface area contributed by atoms with Gasteiger partial charge < -0.3 is 15.4 Å². The van der Waals surface area contributed by atoms with Crippen molar-refractivity contribution in [3.8, 4) is 5.75 Å². The predicted molar refractivity (Wildman–Crippen MR) is 62.7 cm³/mol. The minimum atomic E-state index is 0.196. The first-order valence-corrected chi connectivity index (χ1v) is 5.28. The quantitative estimate of drug-likeness (QED) is 0.798. The molecule has 3 heteroatoms. The number of nitrogens with two attached hydrogens (primary N) is 1. The zero-order valence-electron chi connectivity index (χ0n) is 9.53. The lowest BCUT2D eigenvalue weighted by atomic mass is 9.95. The third-order valence-electron chi connectivity index (χ3n) is 3.15. The van der Waals surface area contributed by atoms with E-state index in [4.69, 9.17) is 10.5 Å². The first-order chi connectivity index (χ1) is 7.13. The number of hydrogen-bond donors (Lipinski definition) is 1. The van der Waals surface area contributed by atoms with Gasteiger partial charge in [-0.1, -0.05) is 6.07 Å². The first kappa shape index (κ1) is 10.3. The van der Waals surface area contributed by atoms with Gasteiger partial charge in [-0.05, 0) is 18.6 Å². The molecular formula is C12H18N2O. The number of benzene rings is 1. The molecule has 0 fully saturated rings. The van der Waals surface area contributed by atoms with Crippen LogP contribution >= 0.6 is 0 Å². The predicted octanol–water partition coefficient (Wildman–Crippen LogP) is 1.58. The Hall–Kier alpha value is -1.22.